The van der Waals surface area contributed by atoms with Crippen LogP contribution in [0, 0.1) is 11.3 Å². The number of anilines is 1. The van der Waals surface area contributed by atoms with Crippen LogP contribution in [0.4, 0.5) is 5.69 Å². The first kappa shape index (κ1) is 15.6. The average Bonchev–Trinajstić information content (AvgIpc) is 3.10. The lowest BCUT2D eigenvalue weighted by Crippen LogP contribution is -2.45. The number of fused-ring (bicyclic) bond motifs is 1. The largest absolute Gasteiger partial charge is 0.369 e. The predicted molar refractivity (Wildman–Crippen MR) is 96.2 cm³/mol. The van der Waals surface area contributed by atoms with Crippen molar-refractivity contribution in [2.24, 2.45) is 0 Å². The van der Waals surface area contributed by atoms with Crippen LogP contribution >= 0.6 is 0 Å². The van der Waals surface area contributed by atoms with E-state index in [2.05, 4.69) is 30.7 Å². The van der Waals surface area contributed by atoms with Crippen molar-refractivity contribution < 1.29 is 0 Å². The lowest BCUT2D eigenvalue weighted by atomic mass is 10.0. The quantitative estimate of drug-likeness (QED) is 0.794. The second-order valence-corrected chi connectivity index (χ2v) is 6.35. The maximum absolute atomic E-state index is 9.34. The van der Waals surface area contributed by atoms with Gasteiger partial charge in [0.25, 0.3) is 0 Å². The molecule has 0 amide bonds. The number of imidazole rings is 1. The van der Waals surface area contributed by atoms with E-state index in [9.17, 15) is 5.26 Å². The van der Waals surface area contributed by atoms with E-state index in [4.69, 9.17) is 0 Å². The first-order valence-electron chi connectivity index (χ1n) is 8.58. The Kier molecular flexibility index (Phi) is 4.32. The number of nitrogens with zero attached hydrogens (tertiary/aromatic N) is 5. The molecule has 0 aliphatic carbocycles. The van der Waals surface area contributed by atoms with E-state index in [0.717, 1.165) is 55.1 Å². The number of para-hydroxylation sites is 1. The highest BCUT2D eigenvalue weighted by Gasteiger charge is 2.21. The van der Waals surface area contributed by atoms with Crippen LogP contribution in [0.5, 0.6) is 0 Å². The van der Waals surface area contributed by atoms with Crippen molar-refractivity contribution in [3.8, 4) is 6.07 Å². The summed E-state index contributed by atoms with van der Waals surface area (Å²) in [6.07, 6.45) is 9.65. The van der Waals surface area contributed by atoms with Gasteiger partial charge in [-0.25, -0.2) is 4.98 Å². The first-order chi connectivity index (χ1) is 12.3. The van der Waals surface area contributed by atoms with Crippen LogP contribution in [0.1, 0.15) is 24.1 Å². The molecule has 1 fully saturated rings. The van der Waals surface area contributed by atoms with Gasteiger partial charge in [-0.1, -0.05) is 12.1 Å². The summed E-state index contributed by atoms with van der Waals surface area (Å²) in [5.41, 5.74) is 3.79. The van der Waals surface area contributed by atoms with E-state index < -0.39 is 0 Å². The zero-order valence-corrected chi connectivity index (χ0v) is 14.0. The lowest BCUT2D eigenvalue weighted by molar-refractivity contribution is 0.419. The third-order valence-electron chi connectivity index (χ3n) is 4.75. The van der Waals surface area contributed by atoms with Gasteiger partial charge in [0.05, 0.1) is 29.3 Å². The van der Waals surface area contributed by atoms with Gasteiger partial charge in [-0.3, -0.25) is 9.38 Å². The van der Waals surface area contributed by atoms with E-state index in [1.54, 1.807) is 12.4 Å². The summed E-state index contributed by atoms with van der Waals surface area (Å²) >= 11 is 0. The average molecular weight is 332 g/mol. The molecule has 1 saturated heterocycles. The molecule has 2 aromatic heterocycles. The Hall–Kier alpha value is -2.91. The SMILES string of the molecule is N#Cc1ccccc1N1CCCC(NCc2cnc3cnccn23)C1. The van der Waals surface area contributed by atoms with Gasteiger partial charge in [-0.15, -0.1) is 0 Å². The molecule has 1 aliphatic heterocycles. The van der Waals surface area contributed by atoms with E-state index in [-0.39, 0.29) is 0 Å². The predicted octanol–water partition coefficient (Wildman–Crippen LogP) is 2.36. The highest BCUT2D eigenvalue weighted by atomic mass is 15.2. The number of benzene rings is 1. The highest BCUT2D eigenvalue weighted by molar-refractivity contribution is 5.59. The molecule has 25 heavy (non-hydrogen) atoms. The standard InChI is InChI=1S/C19H20N6/c20-10-15-4-1-2-6-18(15)24-8-3-5-16(14-24)22-11-17-12-23-19-13-21-7-9-25(17)19/h1-2,4,6-7,9,12-13,16,22H,3,5,8,11,14H2. The molecule has 0 bridgehead atoms. The highest BCUT2D eigenvalue weighted by Crippen LogP contribution is 2.23. The monoisotopic (exact) mass is 332 g/mol. The third kappa shape index (κ3) is 3.19. The van der Waals surface area contributed by atoms with Crippen LogP contribution in [0.3, 0.4) is 0 Å². The molecule has 0 radical (unpaired) electrons. The topological polar surface area (TPSA) is 69.2 Å². The number of hydrogen-bond acceptors (Lipinski definition) is 5. The van der Waals surface area contributed by atoms with Gasteiger partial charge in [0.2, 0.25) is 0 Å². The lowest BCUT2D eigenvalue weighted by Gasteiger charge is -2.35. The number of rotatable bonds is 4. The summed E-state index contributed by atoms with van der Waals surface area (Å²) in [5, 5.41) is 13.0. The number of nitriles is 1. The maximum atomic E-state index is 9.34. The zero-order chi connectivity index (χ0) is 17.1. The molecule has 6 nitrogen and oxygen atoms in total. The molecule has 4 rings (SSSR count). The van der Waals surface area contributed by atoms with Crippen molar-refractivity contribution in [2.45, 2.75) is 25.4 Å². The summed E-state index contributed by atoms with van der Waals surface area (Å²) in [7, 11) is 0. The van der Waals surface area contributed by atoms with Crippen LogP contribution in [-0.2, 0) is 6.54 Å². The van der Waals surface area contributed by atoms with Crippen molar-refractivity contribution in [3.63, 3.8) is 0 Å². The Bertz CT molecular complexity index is 909. The molecule has 126 valence electrons. The summed E-state index contributed by atoms with van der Waals surface area (Å²) in [5.74, 6) is 0. The molecular formula is C19H20N6. The van der Waals surface area contributed by atoms with Crippen LogP contribution in [0.2, 0.25) is 0 Å². The maximum Gasteiger partial charge on any atom is 0.155 e. The molecule has 1 aromatic carbocycles. The molecule has 1 atom stereocenters. The fourth-order valence-corrected chi connectivity index (χ4v) is 3.48. The molecular weight excluding hydrogens is 312 g/mol. The molecule has 1 aliphatic rings. The summed E-state index contributed by atoms with van der Waals surface area (Å²) in [4.78, 5) is 10.8. The van der Waals surface area contributed by atoms with Crippen molar-refractivity contribution in [3.05, 3.63) is 60.3 Å². The van der Waals surface area contributed by atoms with Crippen molar-refractivity contribution in [1.29, 1.82) is 5.26 Å². The second kappa shape index (κ2) is 6.91. The van der Waals surface area contributed by atoms with E-state index >= 15 is 0 Å². The summed E-state index contributed by atoms with van der Waals surface area (Å²) in [6, 6.07) is 10.5. The smallest absolute Gasteiger partial charge is 0.155 e. The van der Waals surface area contributed by atoms with Gasteiger partial charge in [-0.2, -0.15) is 5.26 Å². The van der Waals surface area contributed by atoms with E-state index in [1.165, 1.54) is 0 Å². The first-order valence-corrected chi connectivity index (χ1v) is 8.58. The minimum atomic E-state index is 0.396. The van der Waals surface area contributed by atoms with Crippen LogP contribution in [0.25, 0.3) is 5.65 Å². The molecule has 3 heterocycles. The van der Waals surface area contributed by atoms with Crippen LogP contribution in [-0.4, -0.2) is 33.5 Å². The van der Waals surface area contributed by atoms with E-state index in [1.807, 2.05) is 36.7 Å². The number of nitrogens with one attached hydrogen (secondary N) is 1. The van der Waals surface area contributed by atoms with Gasteiger partial charge in [-0.05, 0) is 25.0 Å². The second-order valence-electron chi connectivity index (χ2n) is 6.35. The third-order valence-corrected chi connectivity index (χ3v) is 4.75. The van der Waals surface area contributed by atoms with Gasteiger partial charge in [0.15, 0.2) is 5.65 Å². The van der Waals surface area contributed by atoms with Crippen molar-refractivity contribution in [2.75, 3.05) is 18.0 Å². The van der Waals surface area contributed by atoms with Crippen molar-refractivity contribution >= 4 is 11.3 Å². The molecule has 6 heteroatoms. The van der Waals surface area contributed by atoms with Crippen molar-refractivity contribution in [1.82, 2.24) is 19.7 Å². The molecule has 1 N–H and O–H groups in total. The Morgan fingerprint density at radius 3 is 3.12 bits per heavy atom. The Morgan fingerprint density at radius 1 is 1.28 bits per heavy atom. The van der Waals surface area contributed by atoms with Gasteiger partial charge < -0.3 is 10.2 Å². The number of piperidine rings is 1. The minimum absolute atomic E-state index is 0.396. The fraction of sp³-hybridized carbons (Fsp3) is 0.316. The van der Waals surface area contributed by atoms with E-state index in [0.29, 0.717) is 6.04 Å². The molecule has 3 aromatic rings. The van der Waals surface area contributed by atoms with Crippen LogP contribution < -0.4 is 10.2 Å². The summed E-state index contributed by atoms with van der Waals surface area (Å²) < 4.78 is 2.06. The number of aromatic nitrogens is 3. The molecule has 1 unspecified atom stereocenters. The Morgan fingerprint density at radius 2 is 2.20 bits per heavy atom. The van der Waals surface area contributed by atoms with Gasteiger partial charge >= 0.3 is 0 Å². The normalized spacial score (nSPS) is 17.6. The Labute approximate surface area is 146 Å². The minimum Gasteiger partial charge on any atom is -0.369 e. The van der Waals surface area contributed by atoms with Gasteiger partial charge in [0.1, 0.15) is 6.07 Å². The zero-order valence-electron chi connectivity index (χ0n) is 14.0. The molecule has 0 spiro atoms. The molecule has 0 saturated carbocycles. The van der Waals surface area contributed by atoms with Crippen LogP contribution in [0.15, 0.2) is 49.1 Å². The number of hydrogen-bond donors (Lipinski definition) is 1. The Balaban J connectivity index is 1.44. The summed E-state index contributed by atoms with van der Waals surface area (Å²) in [6.45, 7) is 2.68. The van der Waals surface area contributed by atoms with Gasteiger partial charge in [0, 0.05) is 38.1 Å². The fourth-order valence-electron chi connectivity index (χ4n) is 3.48.